The van der Waals surface area contributed by atoms with E-state index in [2.05, 4.69) is 21.5 Å². The second-order valence-electron chi connectivity index (χ2n) is 5.27. The molecule has 19 heavy (non-hydrogen) atoms. The Bertz CT molecular complexity index is 572. The highest BCUT2D eigenvalue weighted by atomic mass is 16.5. The van der Waals surface area contributed by atoms with E-state index in [1.165, 1.54) is 0 Å². The van der Waals surface area contributed by atoms with Crippen molar-refractivity contribution in [3.05, 3.63) is 31.0 Å². The van der Waals surface area contributed by atoms with E-state index in [9.17, 15) is 0 Å². The molecule has 1 aliphatic heterocycles. The van der Waals surface area contributed by atoms with Crippen molar-refractivity contribution >= 4 is 5.69 Å². The number of nitrogens with zero attached hydrogens (tertiary/aromatic N) is 3. The number of nitrogen functional groups attached to an aromatic ring is 1. The molecule has 0 aromatic carbocycles. The maximum Gasteiger partial charge on any atom is 0.0951 e. The molecule has 0 radical (unpaired) electrons. The van der Waals surface area contributed by atoms with E-state index in [1.54, 1.807) is 18.5 Å². The van der Waals surface area contributed by atoms with Gasteiger partial charge in [-0.05, 0) is 25.8 Å². The first kappa shape index (κ1) is 12.2. The number of hydrogen-bond acceptors (Lipinski definition) is 4. The Morgan fingerprint density at radius 1 is 1.42 bits per heavy atom. The molecule has 1 aliphatic rings. The quantitative estimate of drug-likeness (QED) is 0.915. The Morgan fingerprint density at radius 3 is 3.05 bits per heavy atom. The summed E-state index contributed by atoms with van der Waals surface area (Å²) in [6.45, 7) is 3.78. The number of ether oxygens (including phenoxy) is 1. The van der Waals surface area contributed by atoms with Crippen molar-refractivity contribution < 1.29 is 4.74 Å². The minimum Gasteiger partial charge on any atom is -0.398 e. The van der Waals surface area contributed by atoms with Gasteiger partial charge in [-0.15, -0.1) is 0 Å². The lowest BCUT2D eigenvalue weighted by molar-refractivity contribution is 0.00654. The van der Waals surface area contributed by atoms with Gasteiger partial charge in [0.1, 0.15) is 0 Å². The predicted octanol–water partition coefficient (Wildman–Crippen LogP) is 2.10. The molecule has 0 saturated carbocycles. The Morgan fingerprint density at radius 2 is 2.32 bits per heavy atom. The van der Waals surface area contributed by atoms with E-state index < -0.39 is 0 Å². The summed E-state index contributed by atoms with van der Waals surface area (Å²) in [7, 11) is 0. The lowest BCUT2D eigenvalue weighted by Gasteiger charge is -2.24. The average molecular weight is 258 g/mol. The van der Waals surface area contributed by atoms with E-state index in [4.69, 9.17) is 10.5 Å². The van der Waals surface area contributed by atoms with Gasteiger partial charge in [-0.2, -0.15) is 0 Å². The van der Waals surface area contributed by atoms with Gasteiger partial charge in [0, 0.05) is 30.3 Å². The zero-order valence-electron chi connectivity index (χ0n) is 11.0. The van der Waals surface area contributed by atoms with Gasteiger partial charge in [-0.3, -0.25) is 4.98 Å². The van der Waals surface area contributed by atoms with Crippen LogP contribution in [0.2, 0.25) is 0 Å². The maximum atomic E-state index is 6.01. The number of nitrogens with two attached hydrogens (primary N) is 1. The summed E-state index contributed by atoms with van der Waals surface area (Å²) < 4.78 is 7.94. The third-order valence-electron chi connectivity index (χ3n) is 3.65. The summed E-state index contributed by atoms with van der Waals surface area (Å²) in [4.78, 5) is 8.38. The van der Waals surface area contributed by atoms with Gasteiger partial charge in [-0.1, -0.05) is 0 Å². The fraction of sp³-hybridized carbons (Fsp3) is 0.429. The van der Waals surface area contributed by atoms with Gasteiger partial charge in [0.15, 0.2) is 0 Å². The third kappa shape index (κ3) is 2.33. The molecule has 5 heteroatoms. The smallest absolute Gasteiger partial charge is 0.0951 e. The summed E-state index contributed by atoms with van der Waals surface area (Å²) >= 11 is 0. The maximum absolute atomic E-state index is 6.01. The van der Waals surface area contributed by atoms with Crippen LogP contribution in [0.5, 0.6) is 0 Å². The van der Waals surface area contributed by atoms with Crippen LogP contribution in [0.1, 0.15) is 19.8 Å². The number of pyridine rings is 1. The van der Waals surface area contributed by atoms with Crippen LogP contribution in [0.25, 0.3) is 11.3 Å². The molecular formula is C14H18N4O. The Balaban J connectivity index is 1.93. The zero-order chi connectivity index (χ0) is 13.3. The molecule has 5 nitrogen and oxygen atoms in total. The largest absolute Gasteiger partial charge is 0.398 e. The zero-order valence-corrected chi connectivity index (χ0v) is 11.0. The fourth-order valence-corrected chi connectivity index (χ4v) is 2.61. The second-order valence-corrected chi connectivity index (χ2v) is 5.27. The third-order valence-corrected chi connectivity index (χ3v) is 3.65. The van der Waals surface area contributed by atoms with Crippen molar-refractivity contribution in [2.45, 2.75) is 31.9 Å². The lowest BCUT2D eigenvalue weighted by Crippen LogP contribution is -2.29. The minimum absolute atomic E-state index is 0.105. The first-order valence-corrected chi connectivity index (χ1v) is 6.52. The molecule has 3 rings (SSSR count). The van der Waals surface area contributed by atoms with Gasteiger partial charge in [-0.25, -0.2) is 4.98 Å². The Labute approximate surface area is 112 Å². The van der Waals surface area contributed by atoms with Gasteiger partial charge in [0.2, 0.25) is 0 Å². The number of rotatable bonds is 3. The van der Waals surface area contributed by atoms with Crippen LogP contribution in [-0.2, 0) is 11.3 Å². The highest BCUT2D eigenvalue weighted by Crippen LogP contribution is 2.30. The molecule has 1 atom stereocenters. The molecule has 1 saturated heterocycles. The summed E-state index contributed by atoms with van der Waals surface area (Å²) in [5, 5.41) is 0. The van der Waals surface area contributed by atoms with Crippen molar-refractivity contribution in [2.75, 3.05) is 12.3 Å². The molecular weight excluding hydrogens is 240 g/mol. The van der Waals surface area contributed by atoms with E-state index in [-0.39, 0.29) is 5.60 Å². The van der Waals surface area contributed by atoms with Gasteiger partial charge in [0.25, 0.3) is 0 Å². The van der Waals surface area contributed by atoms with Crippen LogP contribution < -0.4 is 5.73 Å². The van der Waals surface area contributed by atoms with Crippen LogP contribution >= 0.6 is 0 Å². The molecule has 0 amide bonds. The van der Waals surface area contributed by atoms with Crippen molar-refractivity contribution in [2.24, 2.45) is 0 Å². The first-order chi connectivity index (χ1) is 9.18. The standard InChI is InChI=1S/C14H18N4O/c1-14(4-2-6-19-14)9-18-10-17-8-13(18)11-7-16-5-3-12(11)15/h3,5,7-8,10H,2,4,6,9H2,1H3,(H2,15,16). The fourth-order valence-electron chi connectivity index (χ4n) is 2.61. The highest BCUT2D eigenvalue weighted by molar-refractivity contribution is 5.72. The first-order valence-electron chi connectivity index (χ1n) is 6.52. The molecule has 0 aliphatic carbocycles. The van der Waals surface area contributed by atoms with Gasteiger partial charge >= 0.3 is 0 Å². The van der Waals surface area contributed by atoms with Crippen molar-refractivity contribution in [3.8, 4) is 11.3 Å². The Hall–Kier alpha value is -1.88. The van der Waals surface area contributed by atoms with Crippen LogP contribution in [0.15, 0.2) is 31.0 Å². The predicted molar refractivity (Wildman–Crippen MR) is 73.5 cm³/mol. The van der Waals surface area contributed by atoms with Crippen molar-refractivity contribution in [1.29, 1.82) is 0 Å². The summed E-state index contributed by atoms with van der Waals surface area (Å²) in [5.74, 6) is 0. The van der Waals surface area contributed by atoms with Crippen molar-refractivity contribution in [1.82, 2.24) is 14.5 Å². The van der Waals surface area contributed by atoms with E-state index >= 15 is 0 Å². The molecule has 3 heterocycles. The monoisotopic (exact) mass is 258 g/mol. The summed E-state index contributed by atoms with van der Waals surface area (Å²) in [6, 6.07) is 1.81. The topological polar surface area (TPSA) is 66.0 Å². The highest BCUT2D eigenvalue weighted by Gasteiger charge is 2.30. The molecule has 2 aromatic heterocycles. The molecule has 0 bridgehead atoms. The van der Waals surface area contributed by atoms with Crippen LogP contribution in [-0.4, -0.2) is 26.7 Å². The lowest BCUT2D eigenvalue weighted by atomic mass is 10.0. The SMILES string of the molecule is CC1(Cn2cncc2-c2cnccc2N)CCCO1. The van der Waals surface area contributed by atoms with E-state index in [1.807, 2.05) is 12.5 Å². The summed E-state index contributed by atoms with van der Waals surface area (Å²) in [6.07, 6.45) is 9.32. The second kappa shape index (κ2) is 4.66. The molecule has 1 fully saturated rings. The van der Waals surface area contributed by atoms with Crippen LogP contribution in [0.3, 0.4) is 0 Å². The van der Waals surface area contributed by atoms with Gasteiger partial charge in [0.05, 0.1) is 30.4 Å². The van der Waals surface area contributed by atoms with Crippen LogP contribution in [0.4, 0.5) is 5.69 Å². The minimum atomic E-state index is -0.105. The number of hydrogen-bond donors (Lipinski definition) is 1. The van der Waals surface area contributed by atoms with Crippen molar-refractivity contribution in [3.63, 3.8) is 0 Å². The number of anilines is 1. The average Bonchev–Trinajstić information content (AvgIpc) is 3.00. The van der Waals surface area contributed by atoms with Gasteiger partial charge < -0.3 is 15.0 Å². The number of aromatic nitrogens is 3. The van der Waals surface area contributed by atoms with E-state index in [0.717, 1.165) is 37.3 Å². The number of imidazole rings is 1. The molecule has 2 aromatic rings. The van der Waals surface area contributed by atoms with Crippen LogP contribution in [0, 0.1) is 0 Å². The molecule has 100 valence electrons. The Kier molecular flexibility index (Phi) is 2.98. The molecule has 2 N–H and O–H groups in total. The normalized spacial score (nSPS) is 22.8. The molecule has 1 unspecified atom stereocenters. The van der Waals surface area contributed by atoms with E-state index in [0.29, 0.717) is 5.69 Å². The molecule has 0 spiro atoms. The summed E-state index contributed by atoms with van der Waals surface area (Å²) in [5.41, 5.74) is 8.53.